The first-order valence-electron chi connectivity index (χ1n) is 50.7. The lowest BCUT2D eigenvalue weighted by Crippen LogP contribution is -2.66. The Morgan fingerprint density at radius 1 is 0.308 bits per heavy atom. The van der Waals surface area contributed by atoms with Gasteiger partial charge in [0.1, 0.15) is 0 Å². The predicted molar refractivity (Wildman–Crippen MR) is 529 cm³/mol. The van der Waals surface area contributed by atoms with Crippen LogP contribution in [0.5, 0.6) is 0 Å². The van der Waals surface area contributed by atoms with Crippen LogP contribution in [0, 0.1) is 0 Å². The van der Waals surface area contributed by atoms with Crippen LogP contribution in [0.1, 0.15) is 321 Å². The van der Waals surface area contributed by atoms with Gasteiger partial charge in [-0.25, -0.2) is 57.4 Å². The van der Waals surface area contributed by atoms with Crippen LogP contribution < -0.4 is 67.3 Å². The highest BCUT2D eigenvalue weighted by Crippen LogP contribution is 2.55. The molecule has 10 aliphatic rings. The summed E-state index contributed by atoms with van der Waals surface area (Å²) in [5, 5.41) is 22.0. The van der Waals surface area contributed by atoms with Gasteiger partial charge < -0.3 is 42.1 Å². The lowest BCUT2D eigenvalue weighted by Gasteiger charge is -2.33. The molecule has 0 atom stereocenters. The lowest BCUT2D eigenvalue weighted by atomic mass is 9.95. The Balaban J connectivity index is 0.000000211. The van der Waals surface area contributed by atoms with Crippen molar-refractivity contribution in [3.8, 4) is 0 Å². The summed E-state index contributed by atoms with van der Waals surface area (Å²) in [5.74, 6) is -16.3. The van der Waals surface area contributed by atoms with E-state index in [4.69, 9.17) is 9.98 Å². The van der Waals surface area contributed by atoms with E-state index >= 15 is 0 Å². The van der Waals surface area contributed by atoms with Gasteiger partial charge in [0.25, 0.3) is 0 Å². The van der Waals surface area contributed by atoms with Crippen LogP contribution in [0.4, 0.5) is 92.5 Å². The molecular weight excluding hydrogens is 1960 g/mol. The normalized spacial score (nSPS) is 20.3. The second-order valence-electron chi connectivity index (χ2n) is 38.4. The molecule has 0 spiro atoms. The Hall–Kier alpha value is -9.31. The Kier molecular flexibility index (Phi) is 49.0. The summed E-state index contributed by atoms with van der Waals surface area (Å²) in [6, 6.07) is 27.0. The number of carbonyl (C=O) groups is 3. The zero-order valence-electron chi connectivity index (χ0n) is 82.0. The number of nitrogens with zero attached hydrogens (tertiary/aromatic N) is 7. The number of amides is 5. The van der Waals surface area contributed by atoms with Crippen molar-refractivity contribution in [1.29, 1.82) is 0 Å². The van der Waals surface area contributed by atoms with E-state index in [1.807, 2.05) is 30.3 Å². The Labute approximate surface area is 832 Å². The van der Waals surface area contributed by atoms with Gasteiger partial charge in [-0.1, -0.05) is 247 Å². The zero-order chi connectivity index (χ0) is 104. The van der Waals surface area contributed by atoms with Crippen molar-refractivity contribution >= 4 is 101 Å². The molecular formula is C96H147F15N20O9S3. The number of guanidine groups is 6. The Bertz CT molecular complexity index is 4820. The zero-order valence-corrected chi connectivity index (χ0v) is 84.4. The fourth-order valence-corrected chi connectivity index (χ4v) is 20.2. The molecule has 47 heteroatoms. The van der Waals surface area contributed by atoms with Crippen LogP contribution in [0.3, 0.4) is 0 Å². The molecule has 5 amide bonds. The molecule has 13 N–H and O–H groups in total. The highest BCUT2D eigenvalue weighted by atomic mass is 32.2. The SMILES string of the molecule is CN(C)C(=O)NC(=NC1CCCCC1)NC1CCCCC1.CS(=O)(=O)NC(=NC1CCCCC1)NC1CCCCC1.O=C(NC(=NC1CCCCC1)NC1CCCCC1)Nc1ccccc1.O=C(NC(=Nc1ccccc1)Nc1ccccc1)C(F)(F)F.O=S(=O)(NC(=NC1CCCCC1)NC1CCCCC1)C(F)(F)C(F)(F)C(F)(F)C(F)(F)F.O=S(=O)(NC(=NC1CCCCC1)NC1CCCCC1)C(F)(F)F. The average Bonchev–Trinajstić information content (AvgIpc) is 0.720. The fraction of sp³-hybridized carbons (Fsp3) is 0.719. The molecule has 0 saturated heterocycles. The average molecular weight is 2110 g/mol. The van der Waals surface area contributed by atoms with E-state index in [0.29, 0.717) is 111 Å². The number of halogens is 15. The maximum Gasteiger partial charge on any atom is 0.516 e. The van der Waals surface area contributed by atoms with E-state index in [2.05, 4.69) is 72.5 Å². The minimum absolute atomic E-state index is 0.0259. The molecule has 13 rings (SSSR count). The first-order valence-corrected chi connectivity index (χ1v) is 55.5. The molecule has 0 bridgehead atoms. The van der Waals surface area contributed by atoms with Gasteiger partial charge in [0.05, 0.1) is 42.2 Å². The van der Waals surface area contributed by atoms with Crippen LogP contribution in [0.2, 0.25) is 0 Å². The van der Waals surface area contributed by atoms with E-state index in [-0.39, 0.29) is 42.1 Å². The number of hydrogen-bond donors (Lipinski definition) is 13. The van der Waals surface area contributed by atoms with E-state index in [9.17, 15) is 105 Å². The first kappa shape index (κ1) is 119. The lowest BCUT2D eigenvalue weighted by molar-refractivity contribution is -0.382. The molecule has 29 nitrogen and oxygen atoms in total. The summed E-state index contributed by atoms with van der Waals surface area (Å²) in [5.41, 5.74) is -3.65. The molecule has 143 heavy (non-hydrogen) atoms. The maximum absolute atomic E-state index is 14.1. The van der Waals surface area contributed by atoms with Crippen LogP contribution in [0.25, 0.3) is 0 Å². The number of rotatable bonds is 19. The summed E-state index contributed by atoms with van der Waals surface area (Å²) in [4.78, 5) is 63.4. The molecule has 808 valence electrons. The number of hydrogen-bond acceptors (Lipinski definition) is 15. The number of alkyl halides is 15. The van der Waals surface area contributed by atoms with Crippen molar-refractivity contribution in [2.24, 2.45) is 30.0 Å². The quantitative estimate of drug-likeness (QED) is 0.0301. The molecule has 0 aliphatic heterocycles. The van der Waals surface area contributed by atoms with Crippen molar-refractivity contribution < 1.29 is 105 Å². The first-order chi connectivity index (χ1) is 67.7. The van der Waals surface area contributed by atoms with Gasteiger partial charge in [-0.2, -0.15) is 82.7 Å². The van der Waals surface area contributed by atoms with Gasteiger partial charge in [-0.15, -0.1) is 0 Å². The summed E-state index contributed by atoms with van der Waals surface area (Å²) >= 11 is 0. The fourth-order valence-electron chi connectivity index (χ4n) is 18.3. The van der Waals surface area contributed by atoms with Crippen molar-refractivity contribution in [1.82, 2.24) is 61.6 Å². The van der Waals surface area contributed by atoms with Crippen LogP contribution in [-0.2, 0) is 34.9 Å². The molecule has 0 aromatic heterocycles. The van der Waals surface area contributed by atoms with Gasteiger partial charge in [0.2, 0.25) is 33.9 Å². The number of anilines is 2. The van der Waals surface area contributed by atoms with Crippen molar-refractivity contribution in [3.05, 3.63) is 91.0 Å². The highest BCUT2D eigenvalue weighted by molar-refractivity contribution is 7.91. The molecule has 0 heterocycles. The molecule has 10 saturated carbocycles. The number of nitrogens with one attached hydrogen (secondary N) is 13. The second-order valence-corrected chi connectivity index (χ2v) is 43.6. The van der Waals surface area contributed by atoms with Crippen LogP contribution >= 0.6 is 0 Å². The minimum atomic E-state index is -7.31. The largest absolute Gasteiger partial charge is 0.516 e. The van der Waals surface area contributed by atoms with E-state index in [1.54, 1.807) is 89.7 Å². The molecule has 0 unspecified atom stereocenters. The van der Waals surface area contributed by atoms with Gasteiger partial charge in [-0.05, 0) is 165 Å². The highest BCUT2D eigenvalue weighted by Gasteiger charge is 2.85. The van der Waals surface area contributed by atoms with Crippen molar-refractivity contribution in [2.45, 2.75) is 416 Å². The standard InChI is InChI=1S/C20H30N4O.C17H24F9N3O2S.C16H30N4O.C15H12F3N3O.C14H24F3N3O2S.C14H27N3O2S/c25-20(23-18-14-8-3-9-15-18)24-19(21-16-10-4-1-5-11-16)22-17-12-6-2-7-13-17;18-14(19,16(22,23)24)15(20,21)17(25,26)32(30,31)29-13(27-11-7-3-1-4-8-11)28-12-9-5-2-6-10-12;1-20(2)16(21)19-15(17-13-9-5-3-6-10-13)18-14-11-7-4-8-12-14;16-15(17,18)13(22)21-14(19-11-7-3-1-4-8-11)20-12-9-5-2-6-10-12;15-14(16,17)23(21,22)20-13(18-11-7-3-1-4-8-11)19-12-9-5-2-6-10-12;1-20(18,19)17-14(15-12-8-4-2-5-9-12)16-13-10-6-3-7-11-13/h3,8-9,14-17H,1-2,4-7,10-13H2,(H3,21,22,23,24,25);11-12H,1-10H2,(H2,27,28,29);13-14H,3-12H2,1-2H3,(H2,17,18,19,21);1-10H,(H2,19,20,21,22);11-12H,1-10H2,(H2,18,19,20);12-13H,2-11H2,1H3,(H2,15,16,17). The predicted octanol–water partition coefficient (Wildman–Crippen LogP) is 20.9. The maximum atomic E-state index is 14.1. The molecule has 10 aliphatic carbocycles. The molecule has 10 fully saturated rings. The smallest absolute Gasteiger partial charge is 0.353 e. The Morgan fingerprint density at radius 3 is 0.860 bits per heavy atom. The van der Waals surface area contributed by atoms with E-state index < -0.39 is 89.0 Å². The monoisotopic (exact) mass is 2110 g/mol. The number of para-hydroxylation sites is 3. The van der Waals surface area contributed by atoms with Crippen LogP contribution in [-0.4, -0.2) is 200 Å². The van der Waals surface area contributed by atoms with E-state index in [0.717, 1.165) is 152 Å². The third kappa shape index (κ3) is 43.3. The molecule has 3 aromatic carbocycles. The van der Waals surface area contributed by atoms with Crippen LogP contribution in [0.15, 0.2) is 121 Å². The summed E-state index contributed by atoms with van der Waals surface area (Å²) < 4.78 is 269. The summed E-state index contributed by atoms with van der Waals surface area (Å²) in [6.45, 7) is 0. The van der Waals surface area contributed by atoms with Crippen molar-refractivity contribution in [2.75, 3.05) is 31.0 Å². The van der Waals surface area contributed by atoms with E-state index in [1.165, 1.54) is 135 Å². The van der Waals surface area contributed by atoms with Crippen molar-refractivity contribution in [3.63, 3.8) is 0 Å². The minimum Gasteiger partial charge on any atom is -0.353 e. The van der Waals surface area contributed by atoms with Gasteiger partial charge in [0.15, 0.2) is 11.9 Å². The van der Waals surface area contributed by atoms with Gasteiger partial charge in [0, 0.05) is 55.7 Å². The number of urea groups is 2. The third-order valence-corrected chi connectivity index (χ3v) is 29.1. The second kappa shape index (κ2) is 58.9. The summed E-state index contributed by atoms with van der Waals surface area (Å²) in [6.07, 6.45) is 41.0. The summed E-state index contributed by atoms with van der Waals surface area (Å²) in [7, 11) is -12.0. The number of carbonyl (C=O) groups excluding carboxylic acids is 3. The third-order valence-electron chi connectivity index (χ3n) is 26.1. The molecule has 3 aromatic rings. The number of sulfonamides is 3. The topological polar surface area (TPSA) is 387 Å². The number of benzene rings is 3. The molecule has 0 radical (unpaired) electrons. The van der Waals surface area contributed by atoms with Gasteiger partial charge in [-0.3, -0.25) is 25.5 Å². The van der Waals surface area contributed by atoms with Gasteiger partial charge >= 0.3 is 73.0 Å². The Morgan fingerprint density at radius 2 is 0.573 bits per heavy atom. The number of aliphatic imine (C=N–C) groups is 6.